The van der Waals surface area contributed by atoms with Crippen LogP contribution in [0, 0.1) is 17.8 Å². The van der Waals surface area contributed by atoms with Crippen molar-refractivity contribution in [2.75, 3.05) is 13.2 Å². The number of esters is 3. The number of unbranched alkanes of at least 4 members (excludes halogenated alkanes) is 34. The van der Waals surface area contributed by atoms with Gasteiger partial charge in [0.15, 0.2) is 6.10 Å². The predicted octanol–water partition coefficient (Wildman–Crippen LogP) is 18.7. The number of hydrogen-bond donors (Lipinski definition) is 0. The van der Waals surface area contributed by atoms with Crippen molar-refractivity contribution in [2.45, 2.75) is 324 Å². The number of rotatable bonds is 51. The van der Waals surface area contributed by atoms with Gasteiger partial charge in [-0.3, -0.25) is 14.4 Å². The molecule has 0 bridgehead atoms. The summed E-state index contributed by atoms with van der Waals surface area (Å²) in [5, 5.41) is 0. The Bertz CT molecular complexity index is 991. The lowest BCUT2D eigenvalue weighted by Gasteiger charge is -2.18. The second-order valence-electron chi connectivity index (χ2n) is 21.4. The molecular weight excluding hydrogens is 793 g/mol. The quantitative estimate of drug-likeness (QED) is 0.0344. The minimum atomic E-state index is -0.763. The molecule has 6 heteroatoms. The van der Waals surface area contributed by atoms with Crippen molar-refractivity contribution in [3.8, 4) is 0 Å². The Balaban J connectivity index is 4.27. The molecule has 0 radical (unpaired) electrons. The Morgan fingerprint density at radius 3 is 0.672 bits per heavy atom. The molecule has 64 heavy (non-hydrogen) atoms. The van der Waals surface area contributed by atoms with E-state index in [-0.39, 0.29) is 31.1 Å². The van der Waals surface area contributed by atoms with Crippen molar-refractivity contribution in [3.05, 3.63) is 0 Å². The van der Waals surface area contributed by atoms with E-state index in [2.05, 4.69) is 41.5 Å². The van der Waals surface area contributed by atoms with Crippen LogP contribution in [0.5, 0.6) is 0 Å². The lowest BCUT2D eigenvalue weighted by molar-refractivity contribution is -0.167. The van der Waals surface area contributed by atoms with Crippen LogP contribution >= 0.6 is 0 Å². The normalized spacial score (nSPS) is 12.1. The Hall–Kier alpha value is -1.59. The molecule has 0 aliphatic heterocycles. The van der Waals surface area contributed by atoms with E-state index in [1.54, 1.807) is 0 Å². The van der Waals surface area contributed by atoms with E-state index in [4.69, 9.17) is 14.2 Å². The van der Waals surface area contributed by atoms with Crippen LogP contribution in [0.25, 0.3) is 0 Å². The van der Waals surface area contributed by atoms with E-state index < -0.39 is 6.10 Å². The lowest BCUT2D eigenvalue weighted by Crippen LogP contribution is -2.30. The molecule has 0 spiro atoms. The molecule has 0 aromatic rings. The molecule has 6 nitrogen and oxygen atoms in total. The van der Waals surface area contributed by atoms with Gasteiger partial charge in [-0.2, -0.15) is 0 Å². The van der Waals surface area contributed by atoms with Crippen molar-refractivity contribution in [1.29, 1.82) is 0 Å². The summed E-state index contributed by atoms with van der Waals surface area (Å²) < 4.78 is 16.9. The van der Waals surface area contributed by atoms with Gasteiger partial charge in [-0.15, -0.1) is 0 Å². The second-order valence-corrected chi connectivity index (χ2v) is 21.4. The standard InChI is InChI=1S/C58H112O6/c1-52(2)44-38-32-26-20-15-11-8-7-9-13-17-23-29-35-41-47-56(59)62-50-55(64-58(61)49-43-37-31-25-19-22-28-34-40-46-54(5)6)51-63-57(60)48-42-36-30-24-18-14-10-12-16-21-27-33-39-45-53(3)4/h52-55H,7-51H2,1-6H3/t55-/m1/s1. The third kappa shape index (κ3) is 51.4. The summed E-state index contributed by atoms with van der Waals surface area (Å²) in [7, 11) is 0. The Morgan fingerprint density at radius 2 is 0.453 bits per heavy atom. The van der Waals surface area contributed by atoms with Crippen LogP contribution in [0.3, 0.4) is 0 Å². The molecule has 0 unspecified atom stereocenters. The highest BCUT2D eigenvalue weighted by Crippen LogP contribution is 2.18. The van der Waals surface area contributed by atoms with Crippen molar-refractivity contribution in [2.24, 2.45) is 17.8 Å². The highest BCUT2D eigenvalue weighted by Gasteiger charge is 2.19. The summed E-state index contributed by atoms with van der Waals surface area (Å²) in [5.74, 6) is 1.65. The van der Waals surface area contributed by atoms with Crippen molar-refractivity contribution < 1.29 is 28.6 Å². The number of ether oxygens (including phenoxy) is 3. The van der Waals surface area contributed by atoms with Gasteiger partial charge in [-0.05, 0) is 37.0 Å². The van der Waals surface area contributed by atoms with Gasteiger partial charge in [-0.25, -0.2) is 0 Å². The zero-order valence-corrected chi connectivity index (χ0v) is 44.1. The van der Waals surface area contributed by atoms with Gasteiger partial charge in [0.25, 0.3) is 0 Å². The molecule has 0 N–H and O–H groups in total. The van der Waals surface area contributed by atoms with Gasteiger partial charge in [0.2, 0.25) is 0 Å². The van der Waals surface area contributed by atoms with E-state index in [9.17, 15) is 14.4 Å². The third-order valence-corrected chi connectivity index (χ3v) is 13.1. The zero-order chi connectivity index (χ0) is 47.0. The maximum atomic E-state index is 12.8. The Kier molecular flexibility index (Phi) is 48.1. The smallest absolute Gasteiger partial charge is 0.306 e. The van der Waals surface area contributed by atoms with E-state index in [0.29, 0.717) is 19.3 Å². The van der Waals surface area contributed by atoms with Gasteiger partial charge in [0.05, 0.1) is 0 Å². The molecule has 1 atom stereocenters. The number of hydrogen-bond acceptors (Lipinski definition) is 6. The van der Waals surface area contributed by atoms with Crippen LogP contribution in [0.2, 0.25) is 0 Å². The van der Waals surface area contributed by atoms with Gasteiger partial charge < -0.3 is 14.2 Å². The highest BCUT2D eigenvalue weighted by molar-refractivity contribution is 5.71. The molecule has 0 saturated carbocycles. The van der Waals surface area contributed by atoms with Gasteiger partial charge >= 0.3 is 17.9 Å². The summed E-state index contributed by atoms with van der Waals surface area (Å²) in [5.41, 5.74) is 0. The SMILES string of the molecule is CC(C)CCCCCCCCCCCCCCCCCC(=O)OC[C@H](COC(=O)CCCCCCCCCCCCCCCC(C)C)OC(=O)CCCCCCCCCCCC(C)C. The van der Waals surface area contributed by atoms with Crippen LogP contribution < -0.4 is 0 Å². The summed E-state index contributed by atoms with van der Waals surface area (Å²) in [4.78, 5) is 38.1. The first-order chi connectivity index (χ1) is 31.1. The molecule has 0 saturated heterocycles. The van der Waals surface area contributed by atoms with Crippen LogP contribution in [0.4, 0.5) is 0 Å². The average molecular weight is 906 g/mol. The largest absolute Gasteiger partial charge is 0.462 e. The summed E-state index contributed by atoms with van der Waals surface area (Å²) in [6, 6.07) is 0. The first kappa shape index (κ1) is 62.4. The maximum Gasteiger partial charge on any atom is 0.306 e. The fourth-order valence-corrected chi connectivity index (χ4v) is 8.82. The van der Waals surface area contributed by atoms with Crippen molar-refractivity contribution in [3.63, 3.8) is 0 Å². The van der Waals surface area contributed by atoms with Gasteiger partial charge in [0.1, 0.15) is 13.2 Å². The third-order valence-electron chi connectivity index (χ3n) is 13.1. The molecule has 0 aliphatic rings. The number of carbonyl (C=O) groups excluding carboxylic acids is 3. The van der Waals surface area contributed by atoms with Crippen LogP contribution in [-0.4, -0.2) is 37.2 Å². The minimum absolute atomic E-state index is 0.0639. The number of carbonyl (C=O) groups is 3. The molecule has 0 rings (SSSR count). The van der Waals surface area contributed by atoms with Crippen LogP contribution in [-0.2, 0) is 28.6 Å². The fraction of sp³-hybridized carbons (Fsp3) is 0.948. The topological polar surface area (TPSA) is 78.9 Å². The van der Waals surface area contributed by atoms with Crippen molar-refractivity contribution >= 4 is 17.9 Å². The van der Waals surface area contributed by atoms with E-state index in [0.717, 1.165) is 75.5 Å². The maximum absolute atomic E-state index is 12.8. The molecule has 380 valence electrons. The van der Waals surface area contributed by atoms with E-state index in [1.165, 1.54) is 199 Å². The van der Waals surface area contributed by atoms with Crippen molar-refractivity contribution in [1.82, 2.24) is 0 Å². The fourth-order valence-electron chi connectivity index (χ4n) is 8.82. The summed E-state index contributed by atoms with van der Waals surface area (Å²) in [6.07, 6.45) is 51.0. The molecule has 0 aliphatic carbocycles. The minimum Gasteiger partial charge on any atom is -0.462 e. The molecule has 0 aromatic carbocycles. The molecule has 0 fully saturated rings. The predicted molar refractivity (Wildman–Crippen MR) is 275 cm³/mol. The van der Waals surface area contributed by atoms with Gasteiger partial charge in [-0.1, -0.05) is 279 Å². The Labute approximate surface area is 399 Å². The molecule has 0 aromatic heterocycles. The zero-order valence-electron chi connectivity index (χ0n) is 44.1. The molecular formula is C58H112O6. The summed E-state index contributed by atoms with van der Waals surface area (Å²) in [6.45, 7) is 13.7. The second kappa shape index (κ2) is 49.3. The van der Waals surface area contributed by atoms with Crippen LogP contribution in [0.15, 0.2) is 0 Å². The van der Waals surface area contributed by atoms with E-state index >= 15 is 0 Å². The summed E-state index contributed by atoms with van der Waals surface area (Å²) >= 11 is 0. The Morgan fingerprint density at radius 1 is 0.266 bits per heavy atom. The average Bonchev–Trinajstić information content (AvgIpc) is 3.25. The van der Waals surface area contributed by atoms with Crippen LogP contribution in [0.1, 0.15) is 318 Å². The van der Waals surface area contributed by atoms with E-state index in [1.807, 2.05) is 0 Å². The first-order valence-corrected chi connectivity index (χ1v) is 28.6. The monoisotopic (exact) mass is 905 g/mol. The first-order valence-electron chi connectivity index (χ1n) is 28.6. The lowest BCUT2D eigenvalue weighted by atomic mass is 10.0. The highest BCUT2D eigenvalue weighted by atomic mass is 16.6. The molecule has 0 amide bonds. The molecule has 0 heterocycles. The van der Waals surface area contributed by atoms with Gasteiger partial charge in [0, 0.05) is 19.3 Å².